The number of carbonyl (C=O) groups is 1. The van der Waals surface area contributed by atoms with Gasteiger partial charge in [-0.25, -0.2) is 12.8 Å². The lowest BCUT2D eigenvalue weighted by atomic mass is 9.54. The Labute approximate surface area is 185 Å². The van der Waals surface area contributed by atoms with E-state index in [4.69, 9.17) is 16.3 Å². The van der Waals surface area contributed by atoms with E-state index in [-0.39, 0.29) is 33.1 Å². The zero-order valence-corrected chi connectivity index (χ0v) is 18.6. The highest BCUT2D eigenvalue weighted by Crippen LogP contribution is 2.55. The Hall–Kier alpha value is -2.16. The van der Waals surface area contributed by atoms with Gasteiger partial charge in [-0.2, -0.15) is 0 Å². The molecule has 166 valence electrons. The van der Waals surface area contributed by atoms with Gasteiger partial charge in [0.15, 0.2) is 21.4 Å². The zero-order chi connectivity index (χ0) is 22.6. The van der Waals surface area contributed by atoms with Gasteiger partial charge in [-0.15, -0.1) is 0 Å². The number of benzene rings is 2. The van der Waals surface area contributed by atoms with E-state index in [2.05, 4.69) is 5.32 Å². The van der Waals surface area contributed by atoms with E-state index < -0.39 is 32.4 Å². The summed E-state index contributed by atoms with van der Waals surface area (Å²) in [5.41, 5.74) is -0.398. The van der Waals surface area contributed by atoms with Gasteiger partial charge in [-0.05, 0) is 68.4 Å². The van der Waals surface area contributed by atoms with Crippen LogP contribution in [0.4, 0.5) is 10.1 Å². The summed E-state index contributed by atoms with van der Waals surface area (Å²) in [5.74, 6) is -1.25. The highest BCUT2D eigenvalue weighted by Gasteiger charge is 2.57. The number of hydrogen-bond donors (Lipinski definition) is 2. The van der Waals surface area contributed by atoms with Gasteiger partial charge in [0.25, 0.3) is 5.91 Å². The lowest BCUT2D eigenvalue weighted by Gasteiger charge is -2.56. The topological polar surface area (TPSA) is 92.7 Å². The van der Waals surface area contributed by atoms with Crippen LogP contribution in [0.3, 0.4) is 0 Å². The van der Waals surface area contributed by atoms with Crippen LogP contribution in [0, 0.1) is 17.7 Å². The summed E-state index contributed by atoms with van der Waals surface area (Å²) >= 11 is 6.21. The van der Waals surface area contributed by atoms with Gasteiger partial charge >= 0.3 is 0 Å². The first-order chi connectivity index (χ1) is 14.5. The van der Waals surface area contributed by atoms with Gasteiger partial charge in [-0.1, -0.05) is 11.6 Å². The molecule has 3 aliphatic carbocycles. The second-order valence-corrected chi connectivity index (χ2v) is 11.0. The standard InChI is InChI=1S/C22H23ClFNO5S/c1-22(27)13-8-14(22)10-16(9-13)31(28,29)20-7-12(3-5-17(20)23)21(26)25-15-4-6-18(24)19(11-15)30-2/h3-7,11,13-14,16,27H,8-10H2,1-2H3,(H,25,26). The van der Waals surface area contributed by atoms with E-state index in [1.807, 2.05) is 0 Å². The molecule has 2 atom stereocenters. The molecule has 1 amide bonds. The molecule has 0 saturated heterocycles. The number of aliphatic hydroxyl groups is 1. The SMILES string of the molecule is COc1cc(NC(=O)c2ccc(Cl)c(S(=O)(=O)C3CC4CC(C3)C4(C)O)c2)ccc1F. The van der Waals surface area contributed by atoms with Gasteiger partial charge in [0.05, 0.1) is 27.9 Å². The third-order valence-electron chi connectivity index (χ3n) is 6.66. The molecule has 2 aromatic rings. The number of fused-ring (bicyclic) bond motifs is 2. The molecular formula is C22H23ClFNO5S. The minimum absolute atomic E-state index is 0.0241. The predicted octanol–water partition coefficient (Wildman–Crippen LogP) is 4.06. The average molecular weight is 468 g/mol. The number of anilines is 1. The molecule has 9 heteroatoms. The number of amides is 1. The molecule has 0 radical (unpaired) electrons. The highest BCUT2D eigenvalue weighted by atomic mass is 35.5. The van der Waals surface area contributed by atoms with Crippen LogP contribution in [-0.2, 0) is 9.84 Å². The van der Waals surface area contributed by atoms with Crippen molar-refractivity contribution in [2.75, 3.05) is 12.4 Å². The molecule has 3 fully saturated rings. The monoisotopic (exact) mass is 467 g/mol. The number of methoxy groups -OCH3 is 1. The van der Waals surface area contributed by atoms with Gasteiger partial charge in [0, 0.05) is 17.3 Å². The Morgan fingerprint density at radius 3 is 2.48 bits per heavy atom. The van der Waals surface area contributed by atoms with Crippen LogP contribution in [0.1, 0.15) is 36.5 Å². The van der Waals surface area contributed by atoms with Crippen LogP contribution in [-0.4, -0.2) is 37.4 Å². The molecule has 2 aromatic carbocycles. The van der Waals surface area contributed by atoms with Crippen molar-refractivity contribution in [2.24, 2.45) is 11.8 Å². The third-order valence-corrected chi connectivity index (χ3v) is 9.32. The van der Waals surface area contributed by atoms with E-state index >= 15 is 0 Å². The number of ether oxygens (including phenoxy) is 1. The van der Waals surface area contributed by atoms with Gasteiger partial charge in [0.1, 0.15) is 0 Å². The smallest absolute Gasteiger partial charge is 0.255 e. The molecule has 0 spiro atoms. The largest absolute Gasteiger partial charge is 0.494 e. The molecule has 3 aliphatic rings. The van der Waals surface area contributed by atoms with Crippen molar-refractivity contribution in [3.8, 4) is 5.75 Å². The molecule has 5 rings (SSSR count). The van der Waals surface area contributed by atoms with E-state index in [1.165, 1.54) is 37.4 Å². The zero-order valence-electron chi connectivity index (χ0n) is 17.1. The number of carbonyl (C=O) groups excluding carboxylic acids is 1. The molecule has 3 saturated carbocycles. The Kier molecular flexibility index (Phi) is 5.52. The molecule has 0 heterocycles. The van der Waals surface area contributed by atoms with Crippen LogP contribution < -0.4 is 10.1 Å². The maximum Gasteiger partial charge on any atom is 0.255 e. The van der Waals surface area contributed by atoms with Crippen molar-refractivity contribution in [2.45, 2.75) is 41.9 Å². The molecule has 2 unspecified atom stereocenters. The van der Waals surface area contributed by atoms with E-state index in [0.717, 1.165) is 12.5 Å². The summed E-state index contributed by atoms with van der Waals surface area (Å²) in [6, 6.07) is 7.96. The molecule has 31 heavy (non-hydrogen) atoms. The second kappa shape index (κ2) is 7.76. The fourth-order valence-electron chi connectivity index (χ4n) is 4.63. The van der Waals surface area contributed by atoms with Crippen molar-refractivity contribution >= 4 is 33.0 Å². The predicted molar refractivity (Wildman–Crippen MR) is 115 cm³/mol. The van der Waals surface area contributed by atoms with Gasteiger partial charge in [0.2, 0.25) is 0 Å². The molecule has 2 bridgehead atoms. The summed E-state index contributed by atoms with van der Waals surface area (Å²) in [4.78, 5) is 12.6. The van der Waals surface area contributed by atoms with Crippen LogP contribution in [0.2, 0.25) is 5.02 Å². The quantitative estimate of drug-likeness (QED) is 0.691. The maximum atomic E-state index is 13.6. The van der Waals surface area contributed by atoms with Gasteiger partial charge < -0.3 is 15.2 Å². The number of halogens is 2. The van der Waals surface area contributed by atoms with Crippen molar-refractivity contribution in [1.29, 1.82) is 0 Å². The number of rotatable bonds is 5. The first-order valence-electron chi connectivity index (χ1n) is 9.94. The lowest BCUT2D eigenvalue weighted by molar-refractivity contribution is -0.162. The fraction of sp³-hybridized carbons (Fsp3) is 0.409. The normalized spacial score (nSPS) is 27.3. The summed E-state index contributed by atoms with van der Waals surface area (Å²) < 4.78 is 45.1. The van der Waals surface area contributed by atoms with Crippen molar-refractivity contribution in [3.63, 3.8) is 0 Å². The number of hydrogen-bond acceptors (Lipinski definition) is 5. The third kappa shape index (κ3) is 3.81. The Morgan fingerprint density at radius 1 is 1.19 bits per heavy atom. The van der Waals surface area contributed by atoms with Crippen LogP contribution in [0.5, 0.6) is 5.75 Å². The van der Waals surface area contributed by atoms with E-state index in [1.54, 1.807) is 6.92 Å². The van der Waals surface area contributed by atoms with E-state index in [9.17, 15) is 22.7 Å². The van der Waals surface area contributed by atoms with Crippen molar-refractivity contribution in [3.05, 3.63) is 52.8 Å². The molecule has 6 nitrogen and oxygen atoms in total. The molecular weight excluding hydrogens is 445 g/mol. The first-order valence-corrected chi connectivity index (χ1v) is 11.9. The van der Waals surface area contributed by atoms with Crippen LogP contribution in [0.25, 0.3) is 0 Å². The number of sulfone groups is 1. The Balaban J connectivity index is 1.58. The summed E-state index contributed by atoms with van der Waals surface area (Å²) in [7, 11) is -2.47. The molecule has 2 N–H and O–H groups in total. The average Bonchev–Trinajstić information content (AvgIpc) is 2.75. The number of nitrogens with one attached hydrogen (secondary N) is 1. The Morgan fingerprint density at radius 2 is 1.87 bits per heavy atom. The van der Waals surface area contributed by atoms with Crippen LogP contribution >= 0.6 is 11.6 Å². The minimum atomic E-state index is -3.78. The van der Waals surface area contributed by atoms with Gasteiger partial charge in [-0.3, -0.25) is 4.79 Å². The summed E-state index contributed by atoms with van der Waals surface area (Å²) in [5, 5.41) is 12.4. The second-order valence-electron chi connectivity index (χ2n) is 8.44. The summed E-state index contributed by atoms with van der Waals surface area (Å²) in [6.45, 7) is 1.76. The Bertz CT molecular complexity index is 1140. The minimum Gasteiger partial charge on any atom is -0.494 e. The van der Waals surface area contributed by atoms with Crippen molar-refractivity contribution in [1.82, 2.24) is 0 Å². The summed E-state index contributed by atoms with van der Waals surface area (Å²) in [6.07, 6.45) is 1.57. The fourth-order valence-corrected chi connectivity index (χ4v) is 7.03. The highest BCUT2D eigenvalue weighted by molar-refractivity contribution is 7.92. The maximum absolute atomic E-state index is 13.6. The lowest BCUT2D eigenvalue weighted by Crippen LogP contribution is -2.60. The van der Waals surface area contributed by atoms with E-state index in [0.29, 0.717) is 18.5 Å². The molecule has 0 aliphatic heterocycles. The van der Waals surface area contributed by atoms with Crippen LogP contribution in [0.15, 0.2) is 41.3 Å². The first kappa shape index (κ1) is 22.0. The molecule has 0 aromatic heterocycles. The van der Waals surface area contributed by atoms with Crippen molar-refractivity contribution < 1.29 is 27.4 Å².